The van der Waals surface area contributed by atoms with Gasteiger partial charge in [-0.15, -0.1) is 0 Å². The molecule has 0 radical (unpaired) electrons. The monoisotopic (exact) mass is 337 g/mol. The smallest absolute Gasteiger partial charge is 0.357 e. The number of aromatic nitrogens is 1. The van der Waals surface area contributed by atoms with Gasteiger partial charge in [0.25, 0.3) is 0 Å². The number of hydrogen-bond acceptors (Lipinski definition) is 3. The quantitative estimate of drug-likeness (QED) is 0.738. The fraction of sp³-hybridized carbons (Fsp3) is 0.333. The Morgan fingerprint density at radius 3 is 2.35 bits per heavy atom. The predicted molar refractivity (Wildman–Crippen MR) is 81.1 cm³/mol. The van der Waals surface area contributed by atoms with Crippen molar-refractivity contribution in [1.82, 2.24) is 4.57 Å². The number of hydrogen-bond donors (Lipinski definition) is 0. The molecule has 5 heteroatoms. The molecule has 0 bridgehead atoms. The maximum absolute atomic E-state index is 12.4. The molecule has 0 N–H and O–H groups in total. The summed E-state index contributed by atoms with van der Waals surface area (Å²) < 4.78 is 7.35. The molecular formula is C15H16BrNO3. The highest BCUT2D eigenvalue weighted by atomic mass is 79.9. The first-order chi connectivity index (χ1) is 9.22. The topological polar surface area (TPSA) is 48.3 Å². The third-order valence-electron chi connectivity index (χ3n) is 2.72. The molecule has 2 rings (SSSR count). The molecule has 0 spiro atoms. The predicted octanol–water partition coefficient (Wildman–Crippen LogP) is 4.02. The van der Waals surface area contributed by atoms with Gasteiger partial charge in [-0.2, -0.15) is 0 Å². The molecule has 1 aromatic carbocycles. The van der Waals surface area contributed by atoms with E-state index in [4.69, 9.17) is 4.74 Å². The number of halogens is 1. The zero-order valence-corrected chi connectivity index (χ0v) is 13.4. The number of carbonyl (C=O) groups excluding carboxylic acids is 2. The molecule has 0 saturated heterocycles. The highest BCUT2D eigenvalue weighted by molar-refractivity contribution is 9.10. The number of para-hydroxylation sites is 1. The van der Waals surface area contributed by atoms with Gasteiger partial charge in [0.2, 0.25) is 5.91 Å². The number of ether oxygens (including phenoxy) is 1. The second-order valence-electron chi connectivity index (χ2n) is 5.54. The Balaban J connectivity index is 2.69. The normalized spacial score (nSPS) is 11.7. The van der Waals surface area contributed by atoms with Gasteiger partial charge in [0.1, 0.15) is 11.3 Å². The summed E-state index contributed by atoms with van der Waals surface area (Å²) in [5, 5.41) is 0.809. The second kappa shape index (κ2) is 5.05. The summed E-state index contributed by atoms with van der Waals surface area (Å²) in [6.45, 7) is 6.80. The molecule has 1 aromatic heterocycles. The Morgan fingerprint density at radius 1 is 1.20 bits per heavy atom. The van der Waals surface area contributed by atoms with Gasteiger partial charge in [0, 0.05) is 12.3 Å². The van der Waals surface area contributed by atoms with E-state index in [2.05, 4.69) is 15.9 Å². The van der Waals surface area contributed by atoms with E-state index >= 15 is 0 Å². The van der Waals surface area contributed by atoms with Gasteiger partial charge in [0.15, 0.2) is 0 Å². The average molecular weight is 338 g/mol. The molecule has 2 aromatic rings. The van der Waals surface area contributed by atoms with E-state index in [0.717, 1.165) is 5.39 Å². The minimum absolute atomic E-state index is 0.229. The van der Waals surface area contributed by atoms with Crippen molar-refractivity contribution in [3.63, 3.8) is 0 Å². The average Bonchev–Trinajstić information content (AvgIpc) is 2.61. The minimum atomic E-state index is -0.616. The Kier molecular flexibility index (Phi) is 3.73. The van der Waals surface area contributed by atoms with Gasteiger partial charge in [-0.25, -0.2) is 4.79 Å². The van der Waals surface area contributed by atoms with E-state index in [1.54, 1.807) is 26.8 Å². The summed E-state index contributed by atoms with van der Waals surface area (Å²) in [5.74, 6) is -0.747. The fourth-order valence-electron chi connectivity index (χ4n) is 2.03. The van der Waals surface area contributed by atoms with Crippen LogP contribution in [0.2, 0.25) is 0 Å². The molecule has 1 heterocycles. The van der Waals surface area contributed by atoms with Crippen LogP contribution in [0.25, 0.3) is 10.9 Å². The van der Waals surface area contributed by atoms with Crippen molar-refractivity contribution in [2.75, 3.05) is 0 Å². The molecule has 0 aliphatic rings. The van der Waals surface area contributed by atoms with Crippen LogP contribution in [0.5, 0.6) is 0 Å². The highest BCUT2D eigenvalue weighted by Gasteiger charge is 2.27. The Bertz CT molecular complexity index is 695. The van der Waals surface area contributed by atoms with Crippen LogP contribution in [0.1, 0.15) is 43.0 Å². The first kappa shape index (κ1) is 14.8. The molecule has 20 heavy (non-hydrogen) atoms. The van der Waals surface area contributed by atoms with Crippen LogP contribution >= 0.6 is 15.9 Å². The number of carbonyl (C=O) groups is 2. The van der Waals surface area contributed by atoms with Gasteiger partial charge in [0.05, 0.1) is 9.99 Å². The highest BCUT2D eigenvalue weighted by Crippen LogP contribution is 2.32. The second-order valence-corrected chi connectivity index (χ2v) is 6.33. The Morgan fingerprint density at radius 2 is 1.80 bits per heavy atom. The summed E-state index contributed by atoms with van der Waals surface area (Å²) in [7, 11) is 0. The van der Waals surface area contributed by atoms with Gasteiger partial charge < -0.3 is 4.74 Å². The van der Waals surface area contributed by atoms with Gasteiger partial charge in [-0.05, 0) is 42.8 Å². The number of benzene rings is 1. The lowest BCUT2D eigenvalue weighted by Gasteiger charge is -2.20. The van der Waals surface area contributed by atoms with E-state index < -0.39 is 11.6 Å². The Labute approximate surface area is 125 Å². The third-order valence-corrected chi connectivity index (χ3v) is 3.52. The van der Waals surface area contributed by atoms with E-state index in [-0.39, 0.29) is 11.6 Å². The van der Waals surface area contributed by atoms with E-state index in [9.17, 15) is 9.59 Å². The van der Waals surface area contributed by atoms with E-state index in [0.29, 0.717) is 9.99 Å². The molecule has 4 nitrogen and oxygen atoms in total. The van der Waals surface area contributed by atoms with Crippen molar-refractivity contribution in [1.29, 1.82) is 0 Å². The summed E-state index contributed by atoms with van der Waals surface area (Å²) in [6, 6.07) is 7.34. The van der Waals surface area contributed by atoms with Crippen LogP contribution in [-0.2, 0) is 4.74 Å². The summed E-state index contributed by atoms with van der Waals surface area (Å²) in [4.78, 5) is 24.2. The molecular weight excluding hydrogens is 322 g/mol. The number of esters is 1. The SMILES string of the molecule is CC(=O)n1c(C(=O)OC(C)(C)C)c(Br)c2ccccc21. The van der Waals surface area contributed by atoms with Crippen molar-refractivity contribution in [2.24, 2.45) is 0 Å². The largest absolute Gasteiger partial charge is 0.455 e. The lowest BCUT2D eigenvalue weighted by Crippen LogP contribution is -2.26. The van der Waals surface area contributed by atoms with Crippen molar-refractivity contribution in [3.8, 4) is 0 Å². The van der Waals surface area contributed by atoms with Gasteiger partial charge >= 0.3 is 5.97 Å². The fourth-order valence-corrected chi connectivity index (χ4v) is 2.71. The molecule has 0 aliphatic heterocycles. The molecule has 0 unspecified atom stereocenters. The minimum Gasteiger partial charge on any atom is -0.455 e. The van der Waals surface area contributed by atoms with Gasteiger partial charge in [-0.1, -0.05) is 18.2 Å². The molecule has 0 fully saturated rings. The van der Waals surface area contributed by atoms with Crippen LogP contribution in [0.3, 0.4) is 0 Å². The van der Waals surface area contributed by atoms with Crippen molar-refractivity contribution in [3.05, 3.63) is 34.4 Å². The van der Waals surface area contributed by atoms with Gasteiger partial charge in [-0.3, -0.25) is 9.36 Å². The van der Waals surface area contributed by atoms with Crippen molar-refractivity contribution >= 4 is 38.7 Å². The number of rotatable bonds is 1. The zero-order valence-electron chi connectivity index (χ0n) is 11.9. The molecule has 0 amide bonds. The summed E-state index contributed by atoms with van der Waals surface area (Å²) in [6.07, 6.45) is 0. The van der Waals surface area contributed by atoms with Crippen LogP contribution in [-0.4, -0.2) is 22.0 Å². The third kappa shape index (κ3) is 2.63. The maximum Gasteiger partial charge on any atom is 0.357 e. The van der Waals surface area contributed by atoms with E-state index in [1.165, 1.54) is 11.5 Å². The molecule has 106 valence electrons. The number of fused-ring (bicyclic) bond motifs is 1. The van der Waals surface area contributed by atoms with Crippen LogP contribution < -0.4 is 0 Å². The standard InChI is InChI=1S/C15H16BrNO3/c1-9(18)17-11-8-6-5-7-10(11)12(16)13(17)14(19)20-15(2,3)4/h5-8H,1-4H3. The van der Waals surface area contributed by atoms with E-state index in [1.807, 2.05) is 18.2 Å². The molecule has 0 aliphatic carbocycles. The molecule has 0 saturated carbocycles. The molecule has 0 atom stereocenters. The zero-order chi connectivity index (χ0) is 15.1. The van der Waals surface area contributed by atoms with Crippen LogP contribution in [0.15, 0.2) is 28.7 Å². The first-order valence-corrected chi connectivity index (χ1v) is 7.05. The first-order valence-electron chi connectivity index (χ1n) is 6.25. The van der Waals surface area contributed by atoms with Crippen molar-refractivity contribution < 1.29 is 14.3 Å². The summed E-state index contributed by atoms with van der Waals surface area (Å²) >= 11 is 3.41. The Hall–Kier alpha value is -1.62. The summed E-state index contributed by atoms with van der Waals surface area (Å²) in [5.41, 5.74) is 0.301. The van der Waals surface area contributed by atoms with Crippen molar-refractivity contribution in [2.45, 2.75) is 33.3 Å². The van der Waals surface area contributed by atoms with Crippen LogP contribution in [0, 0.1) is 0 Å². The lowest BCUT2D eigenvalue weighted by molar-refractivity contribution is 0.00566. The lowest BCUT2D eigenvalue weighted by atomic mass is 10.2. The maximum atomic E-state index is 12.4. The number of nitrogens with zero attached hydrogens (tertiary/aromatic N) is 1. The van der Waals surface area contributed by atoms with Crippen LogP contribution in [0.4, 0.5) is 0 Å².